The molecular formula is C15H28O2. The van der Waals surface area contributed by atoms with E-state index in [1.807, 2.05) is 20.8 Å². The molecule has 2 nitrogen and oxygen atoms in total. The van der Waals surface area contributed by atoms with Crippen molar-refractivity contribution in [2.24, 2.45) is 5.41 Å². The maximum atomic E-state index is 11.6. The Hall–Kier alpha value is -0.790. The normalized spacial score (nSPS) is 11.3. The Morgan fingerprint density at radius 2 is 1.59 bits per heavy atom. The Labute approximate surface area is 106 Å². The van der Waals surface area contributed by atoms with Crippen LogP contribution in [0.4, 0.5) is 0 Å². The quantitative estimate of drug-likeness (QED) is 0.355. The number of hydrogen-bond donors (Lipinski definition) is 0. The average Bonchev–Trinajstić information content (AvgIpc) is 2.25. The van der Waals surface area contributed by atoms with Crippen LogP contribution >= 0.6 is 0 Å². The molecule has 2 heteroatoms. The Morgan fingerprint density at radius 3 is 2.12 bits per heavy atom. The predicted molar refractivity (Wildman–Crippen MR) is 72.9 cm³/mol. The van der Waals surface area contributed by atoms with E-state index in [1.165, 1.54) is 25.7 Å². The summed E-state index contributed by atoms with van der Waals surface area (Å²) in [6.07, 6.45) is 7.22. The average molecular weight is 240 g/mol. The van der Waals surface area contributed by atoms with Crippen LogP contribution in [0.25, 0.3) is 0 Å². The molecule has 0 aromatic carbocycles. The monoisotopic (exact) mass is 240 g/mol. The molecule has 0 N–H and O–H groups in total. The topological polar surface area (TPSA) is 26.3 Å². The van der Waals surface area contributed by atoms with Gasteiger partial charge in [-0.3, -0.25) is 0 Å². The molecule has 0 rings (SSSR count). The van der Waals surface area contributed by atoms with Crippen LogP contribution in [0, 0.1) is 5.41 Å². The van der Waals surface area contributed by atoms with Crippen LogP contribution in [-0.2, 0) is 9.53 Å². The van der Waals surface area contributed by atoms with Crippen molar-refractivity contribution in [1.82, 2.24) is 0 Å². The molecule has 0 aliphatic carbocycles. The van der Waals surface area contributed by atoms with Crippen molar-refractivity contribution in [2.75, 3.05) is 6.61 Å². The van der Waals surface area contributed by atoms with Gasteiger partial charge >= 0.3 is 5.97 Å². The van der Waals surface area contributed by atoms with Crippen molar-refractivity contribution in [2.45, 2.75) is 66.2 Å². The third-order valence-electron chi connectivity index (χ3n) is 2.88. The van der Waals surface area contributed by atoms with Gasteiger partial charge < -0.3 is 4.74 Å². The third-order valence-corrected chi connectivity index (χ3v) is 2.88. The summed E-state index contributed by atoms with van der Waals surface area (Å²) in [5.74, 6) is -0.244. The highest BCUT2D eigenvalue weighted by Crippen LogP contribution is 2.24. The van der Waals surface area contributed by atoms with E-state index < -0.39 is 0 Å². The highest BCUT2D eigenvalue weighted by molar-refractivity contribution is 5.88. The van der Waals surface area contributed by atoms with Gasteiger partial charge in [0, 0.05) is 5.57 Å². The predicted octanol–water partition coefficient (Wildman–Crippen LogP) is 4.49. The number of carbonyl (C=O) groups is 1. The fourth-order valence-electron chi connectivity index (χ4n) is 1.44. The van der Waals surface area contributed by atoms with E-state index >= 15 is 0 Å². The van der Waals surface area contributed by atoms with Gasteiger partial charge in [-0.05, 0) is 11.8 Å². The fraction of sp³-hybridized carbons (Fsp3) is 0.800. The molecule has 0 unspecified atom stereocenters. The summed E-state index contributed by atoms with van der Waals surface area (Å²) in [6, 6.07) is 0. The van der Waals surface area contributed by atoms with E-state index in [-0.39, 0.29) is 11.4 Å². The van der Waals surface area contributed by atoms with Crippen LogP contribution in [0.3, 0.4) is 0 Å². The molecule has 0 atom stereocenters. The molecule has 0 saturated carbocycles. The van der Waals surface area contributed by atoms with Crippen LogP contribution in [0.5, 0.6) is 0 Å². The Morgan fingerprint density at radius 1 is 1.06 bits per heavy atom. The van der Waals surface area contributed by atoms with Crippen LogP contribution < -0.4 is 0 Å². The molecule has 0 aromatic rings. The molecule has 0 amide bonds. The van der Waals surface area contributed by atoms with Gasteiger partial charge in [0.05, 0.1) is 6.61 Å². The van der Waals surface area contributed by atoms with Crippen molar-refractivity contribution in [1.29, 1.82) is 0 Å². The molecule has 0 bridgehead atoms. The molecule has 100 valence electrons. The van der Waals surface area contributed by atoms with Gasteiger partial charge in [-0.25, -0.2) is 4.79 Å². The zero-order chi connectivity index (χ0) is 13.3. The largest absolute Gasteiger partial charge is 0.462 e. The summed E-state index contributed by atoms with van der Waals surface area (Å²) >= 11 is 0. The van der Waals surface area contributed by atoms with Gasteiger partial charge in [0.25, 0.3) is 0 Å². The summed E-state index contributed by atoms with van der Waals surface area (Å²) in [5.41, 5.74) is 0.363. The third kappa shape index (κ3) is 8.00. The molecule has 0 aliphatic heterocycles. The Bertz CT molecular complexity index is 236. The lowest BCUT2D eigenvalue weighted by Gasteiger charge is -2.19. The number of hydrogen-bond acceptors (Lipinski definition) is 2. The van der Waals surface area contributed by atoms with Crippen LogP contribution in [0.1, 0.15) is 66.2 Å². The van der Waals surface area contributed by atoms with Crippen molar-refractivity contribution in [3.8, 4) is 0 Å². The van der Waals surface area contributed by atoms with Crippen molar-refractivity contribution in [3.63, 3.8) is 0 Å². The maximum absolute atomic E-state index is 11.6. The minimum absolute atomic E-state index is 0.196. The number of rotatable bonds is 8. The number of unbranched alkanes of at least 4 members (excludes halogenated alkanes) is 5. The smallest absolute Gasteiger partial charge is 0.333 e. The molecule has 0 heterocycles. The summed E-state index contributed by atoms with van der Waals surface area (Å²) in [5, 5.41) is 0. The van der Waals surface area contributed by atoms with Crippen molar-refractivity contribution >= 4 is 5.97 Å². The molecule has 0 spiro atoms. The molecule has 0 aromatic heterocycles. The summed E-state index contributed by atoms with van der Waals surface area (Å²) < 4.78 is 5.20. The van der Waals surface area contributed by atoms with E-state index in [4.69, 9.17) is 4.74 Å². The summed E-state index contributed by atoms with van der Waals surface area (Å²) in [4.78, 5) is 11.6. The second kappa shape index (κ2) is 8.32. The first-order valence-corrected chi connectivity index (χ1v) is 6.76. The van der Waals surface area contributed by atoms with E-state index in [0.29, 0.717) is 12.2 Å². The van der Waals surface area contributed by atoms with E-state index in [1.54, 1.807) is 0 Å². The highest BCUT2D eigenvalue weighted by atomic mass is 16.5. The van der Waals surface area contributed by atoms with E-state index in [2.05, 4.69) is 13.5 Å². The summed E-state index contributed by atoms with van der Waals surface area (Å²) in [7, 11) is 0. The minimum Gasteiger partial charge on any atom is -0.462 e. The van der Waals surface area contributed by atoms with Gasteiger partial charge in [0.2, 0.25) is 0 Å². The molecule has 17 heavy (non-hydrogen) atoms. The van der Waals surface area contributed by atoms with Gasteiger partial charge in [0.15, 0.2) is 0 Å². The van der Waals surface area contributed by atoms with E-state index in [9.17, 15) is 4.79 Å². The second-order valence-electron chi connectivity index (χ2n) is 5.63. The fourth-order valence-corrected chi connectivity index (χ4v) is 1.44. The summed E-state index contributed by atoms with van der Waals surface area (Å²) in [6.45, 7) is 12.4. The number of ether oxygens (including phenoxy) is 1. The van der Waals surface area contributed by atoms with Crippen LogP contribution in [-0.4, -0.2) is 12.6 Å². The SMILES string of the molecule is C=C(C(=O)OCCCCCCCC)C(C)(C)C. The minimum atomic E-state index is -0.244. The lowest BCUT2D eigenvalue weighted by Crippen LogP contribution is -2.19. The standard InChI is InChI=1S/C15H28O2/c1-6-7-8-9-10-11-12-17-14(16)13(2)15(3,4)5/h2,6-12H2,1,3-5H3. The van der Waals surface area contributed by atoms with Crippen molar-refractivity contribution in [3.05, 3.63) is 12.2 Å². The molecular weight excluding hydrogens is 212 g/mol. The molecule has 0 radical (unpaired) electrons. The first-order valence-electron chi connectivity index (χ1n) is 6.76. The Kier molecular flexibility index (Phi) is 7.94. The van der Waals surface area contributed by atoms with Crippen LogP contribution in [0.2, 0.25) is 0 Å². The first kappa shape index (κ1) is 16.2. The Balaban J connectivity index is 3.56. The van der Waals surface area contributed by atoms with Gasteiger partial charge in [-0.2, -0.15) is 0 Å². The molecule has 0 fully saturated rings. The highest BCUT2D eigenvalue weighted by Gasteiger charge is 2.22. The maximum Gasteiger partial charge on any atom is 0.333 e. The van der Waals surface area contributed by atoms with Gasteiger partial charge in [-0.1, -0.05) is 66.4 Å². The zero-order valence-corrected chi connectivity index (χ0v) is 12.0. The zero-order valence-electron chi connectivity index (χ0n) is 12.0. The van der Waals surface area contributed by atoms with Gasteiger partial charge in [0.1, 0.15) is 0 Å². The first-order chi connectivity index (χ1) is 7.89. The van der Waals surface area contributed by atoms with Crippen molar-refractivity contribution < 1.29 is 9.53 Å². The lowest BCUT2D eigenvalue weighted by atomic mass is 9.88. The van der Waals surface area contributed by atoms with E-state index in [0.717, 1.165) is 12.8 Å². The number of esters is 1. The number of carbonyl (C=O) groups excluding carboxylic acids is 1. The molecule has 0 saturated heterocycles. The molecule has 0 aliphatic rings. The lowest BCUT2D eigenvalue weighted by molar-refractivity contribution is -0.140. The van der Waals surface area contributed by atoms with Gasteiger partial charge in [-0.15, -0.1) is 0 Å². The van der Waals surface area contributed by atoms with Crippen LogP contribution in [0.15, 0.2) is 12.2 Å². The second-order valence-corrected chi connectivity index (χ2v) is 5.63.